The van der Waals surface area contributed by atoms with E-state index in [1.54, 1.807) is 6.08 Å². The number of carboxylic acid groups (broad SMARTS) is 1. The van der Waals surface area contributed by atoms with Gasteiger partial charge in [-0.3, -0.25) is 0 Å². The van der Waals surface area contributed by atoms with Gasteiger partial charge in [0.05, 0.1) is 0 Å². The fourth-order valence-corrected chi connectivity index (χ4v) is 1.34. The summed E-state index contributed by atoms with van der Waals surface area (Å²) in [6, 6.07) is 0.628. The molecule has 0 aromatic carbocycles. The Bertz CT molecular complexity index is 207. The van der Waals surface area contributed by atoms with E-state index in [-0.39, 0.29) is 0 Å². The van der Waals surface area contributed by atoms with Crippen molar-refractivity contribution >= 4 is 5.97 Å². The van der Waals surface area contributed by atoms with E-state index in [0.717, 1.165) is 0 Å². The Morgan fingerprint density at radius 2 is 2.31 bits per heavy atom. The van der Waals surface area contributed by atoms with Gasteiger partial charge in [-0.15, -0.1) is 0 Å². The smallest absolute Gasteiger partial charge is 0.331 e. The molecule has 1 saturated carbocycles. The maximum absolute atomic E-state index is 10.6. The van der Waals surface area contributed by atoms with Crippen molar-refractivity contribution in [2.24, 2.45) is 0 Å². The van der Waals surface area contributed by atoms with Gasteiger partial charge in [-0.1, -0.05) is 19.4 Å². The van der Waals surface area contributed by atoms with Gasteiger partial charge >= 0.3 is 5.97 Å². The van der Waals surface area contributed by atoms with Crippen molar-refractivity contribution in [3.05, 3.63) is 11.6 Å². The molecule has 0 aliphatic heterocycles. The Hall–Kier alpha value is -0.830. The molecule has 0 radical (unpaired) electrons. The highest BCUT2D eigenvalue weighted by Crippen LogP contribution is 2.17. The highest BCUT2D eigenvalue weighted by atomic mass is 16.4. The van der Waals surface area contributed by atoms with Crippen molar-refractivity contribution in [3.8, 4) is 0 Å². The van der Waals surface area contributed by atoms with Crippen LogP contribution in [-0.4, -0.2) is 23.7 Å². The van der Waals surface area contributed by atoms with Crippen molar-refractivity contribution < 1.29 is 9.90 Å². The molecule has 3 heteroatoms. The first-order chi connectivity index (χ1) is 6.24. The van der Waals surface area contributed by atoms with Crippen molar-refractivity contribution in [1.82, 2.24) is 5.32 Å². The van der Waals surface area contributed by atoms with Gasteiger partial charge in [0.25, 0.3) is 0 Å². The first kappa shape index (κ1) is 10.3. The molecule has 1 aliphatic rings. The van der Waals surface area contributed by atoms with E-state index < -0.39 is 5.97 Å². The number of aliphatic carboxylic acids is 1. The molecule has 13 heavy (non-hydrogen) atoms. The molecule has 1 rings (SSSR count). The van der Waals surface area contributed by atoms with E-state index in [4.69, 9.17) is 5.11 Å². The van der Waals surface area contributed by atoms with Crippen LogP contribution >= 0.6 is 0 Å². The average Bonchev–Trinajstić information content (AvgIpc) is 2.00. The van der Waals surface area contributed by atoms with Crippen LogP contribution in [0.25, 0.3) is 0 Å². The number of carbonyl (C=O) groups is 1. The third-order valence-corrected chi connectivity index (χ3v) is 2.52. The molecule has 0 heterocycles. The van der Waals surface area contributed by atoms with Gasteiger partial charge in [-0.05, 0) is 19.3 Å². The minimum atomic E-state index is -0.794. The molecular formula is C10H17NO2. The average molecular weight is 183 g/mol. The van der Waals surface area contributed by atoms with Gasteiger partial charge in [0.15, 0.2) is 0 Å². The van der Waals surface area contributed by atoms with Crippen molar-refractivity contribution in [1.29, 1.82) is 0 Å². The molecule has 0 saturated heterocycles. The van der Waals surface area contributed by atoms with Crippen molar-refractivity contribution in [2.45, 2.75) is 38.6 Å². The van der Waals surface area contributed by atoms with Gasteiger partial charge in [0.1, 0.15) is 0 Å². The lowest BCUT2D eigenvalue weighted by Crippen LogP contribution is -2.35. The number of nitrogens with one attached hydrogen (secondary N) is 1. The van der Waals surface area contributed by atoms with Crippen LogP contribution < -0.4 is 5.32 Å². The van der Waals surface area contributed by atoms with Gasteiger partial charge < -0.3 is 10.4 Å². The number of carboxylic acids is 1. The lowest BCUT2D eigenvalue weighted by atomic mass is 9.93. The highest BCUT2D eigenvalue weighted by Gasteiger charge is 2.15. The van der Waals surface area contributed by atoms with Crippen molar-refractivity contribution in [2.75, 3.05) is 6.54 Å². The molecule has 0 amide bonds. The number of hydrogen-bond donors (Lipinski definition) is 2. The third-order valence-electron chi connectivity index (χ3n) is 2.52. The molecular weight excluding hydrogens is 166 g/mol. The van der Waals surface area contributed by atoms with Gasteiger partial charge in [-0.25, -0.2) is 4.79 Å². The van der Waals surface area contributed by atoms with Crippen LogP contribution in [0, 0.1) is 0 Å². The fourth-order valence-electron chi connectivity index (χ4n) is 1.34. The summed E-state index contributed by atoms with van der Waals surface area (Å²) in [4.78, 5) is 10.6. The molecule has 0 unspecified atom stereocenters. The lowest BCUT2D eigenvalue weighted by Gasteiger charge is -2.25. The molecule has 2 N–H and O–H groups in total. The second-order valence-electron chi connectivity index (χ2n) is 3.42. The summed E-state index contributed by atoms with van der Waals surface area (Å²) in [6.07, 6.45) is 6.16. The topological polar surface area (TPSA) is 49.3 Å². The molecule has 3 nitrogen and oxygen atoms in total. The van der Waals surface area contributed by atoms with Crippen LogP contribution in [0.1, 0.15) is 32.6 Å². The number of hydrogen-bond acceptors (Lipinski definition) is 2. The summed E-state index contributed by atoms with van der Waals surface area (Å²) >= 11 is 0. The number of rotatable bonds is 5. The Morgan fingerprint density at radius 1 is 1.62 bits per heavy atom. The molecule has 1 aliphatic carbocycles. The fraction of sp³-hybridized carbons (Fsp3) is 0.700. The molecule has 0 bridgehead atoms. The zero-order chi connectivity index (χ0) is 9.68. The van der Waals surface area contributed by atoms with E-state index in [1.807, 2.05) is 6.92 Å². The second-order valence-corrected chi connectivity index (χ2v) is 3.42. The lowest BCUT2D eigenvalue weighted by molar-refractivity contribution is -0.132. The SMILES string of the molecule is CCC(=CCNC1CCC1)C(=O)O. The summed E-state index contributed by atoms with van der Waals surface area (Å²) in [7, 11) is 0. The quantitative estimate of drug-likeness (QED) is 0.636. The van der Waals surface area contributed by atoms with Gasteiger partial charge in [-0.2, -0.15) is 0 Å². The van der Waals surface area contributed by atoms with Crippen molar-refractivity contribution in [3.63, 3.8) is 0 Å². The van der Waals surface area contributed by atoms with E-state index in [2.05, 4.69) is 5.32 Å². The maximum Gasteiger partial charge on any atom is 0.331 e. The molecule has 74 valence electrons. The molecule has 0 spiro atoms. The minimum Gasteiger partial charge on any atom is -0.478 e. The maximum atomic E-state index is 10.6. The van der Waals surface area contributed by atoms with Crippen LogP contribution in [0.3, 0.4) is 0 Å². The van der Waals surface area contributed by atoms with E-state index in [0.29, 0.717) is 24.6 Å². The molecule has 0 aromatic rings. The molecule has 0 aromatic heterocycles. The van der Waals surface area contributed by atoms with Crippen LogP contribution in [0.15, 0.2) is 11.6 Å². The summed E-state index contributed by atoms with van der Waals surface area (Å²) in [5, 5.41) is 12.0. The van der Waals surface area contributed by atoms with Gasteiger partial charge in [0, 0.05) is 18.2 Å². The minimum absolute atomic E-state index is 0.506. The van der Waals surface area contributed by atoms with Crippen LogP contribution in [0.4, 0.5) is 0 Å². The van der Waals surface area contributed by atoms with Crippen LogP contribution in [-0.2, 0) is 4.79 Å². The summed E-state index contributed by atoms with van der Waals surface area (Å²) in [5.74, 6) is -0.794. The van der Waals surface area contributed by atoms with Crippen LogP contribution in [0.2, 0.25) is 0 Å². The van der Waals surface area contributed by atoms with Gasteiger partial charge in [0.2, 0.25) is 0 Å². The first-order valence-corrected chi connectivity index (χ1v) is 4.89. The summed E-state index contributed by atoms with van der Waals surface area (Å²) < 4.78 is 0. The Kier molecular flexibility index (Phi) is 3.96. The monoisotopic (exact) mass is 183 g/mol. The zero-order valence-electron chi connectivity index (χ0n) is 8.05. The van der Waals surface area contributed by atoms with Crippen LogP contribution in [0.5, 0.6) is 0 Å². The van der Waals surface area contributed by atoms with E-state index >= 15 is 0 Å². The molecule has 0 atom stereocenters. The highest BCUT2D eigenvalue weighted by molar-refractivity contribution is 5.86. The standard InChI is InChI=1S/C10H17NO2/c1-2-8(10(12)13)6-7-11-9-4-3-5-9/h6,9,11H,2-5,7H2,1H3,(H,12,13). The Labute approximate surface area is 78.8 Å². The molecule has 1 fully saturated rings. The normalized spacial score (nSPS) is 18.4. The van der Waals surface area contributed by atoms with E-state index in [9.17, 15) is 4.79 Å². The zero-order valence-corrected chi connectivity index (χ0v) is 8.05. The third kappa shape index (κ3) is 3.19. The first-order valence-electron chi connectivity index (χ1n) is 4.89. The van der Waals surface area contributed by atoms with E-state index in [1.165, 1.54) is 19.3 Å². The summed E-state index contributed by atoms with van der Waals surface area (Å²) in [6.45, 7) is 2.56. The largest absolute Gasteiger partial charge is 0.478 e. The second kappa shape index (κ2) is 5.02. The predicted octanol–water partition coefficient (Wildman–Crippen LogP) is 1.55. The Morgan fingerprint density at radius 3 is 2.69 bits per heavy atom. The Balaban J connectivity index is 2.22. The predicted molar refractivity (Wildman–Crippen MR) is 51.7 cm³/mol. The summed E-state index contributed by atoms with van der Waals surface area (Å²) in [5.41, 5.74) is 0.506.